The summed E-state index contributed by atoms with van der Waals surface area (Å²) in [7, 11) is 0. The average molecular weight is 229 g/mol. The first kappa shape index (κ1) is 11.9. The zero-order chi connectivity index (χ0) is 12.7. The second kappa shape index (κ2) is 3.73. The smallest absolute Gasteiger partial charge is 0.127 e. The third-order valence-electron chi connectivity index (χ3n) is 4.70. The molecule has 1 aliphatic carbocycles. The van der Waals surface area contributed by atoms with E-state index in [-0.39, 0.29) is 0 Å². The van der Waals surface area contributed by atoms with Crippen molar-refractivity contribution in [3.63, 3.8) is 0 Å². The maximum Gasteiger partial charge on any atom is 0.127 e. The van der Waals surface area contributed by atoms with Crippen molar-refractivity contribution in [2.45, 2.75) is 27.7 Å². The molecule has 0 saturated heterocycles. The lowest BCUT2D eigenvalue weighted by atomic mass is 10.0. The van der Waals surface area contributed by atoms with E-state index in [0.717, 1.165) is 12.4 Å². The molecule has 2 rings (SSSR count). The topological polar surface area (TPSA) is 48.7 Å². The number of hydrogen-bond donors (Lipinski definition) is 1. The van der Waals surface area contributed by atoms with Gasteiger partial charge in [0.15, 0.2) is 0 Å². The average Bonchev–Trinajstić information content (AvgIpc) is 2.67. The van der Waals surface area contributed by atoms with Gasteiger partial charge >= 0.3 is 0 Å². The van der Waals surface area contributed by atoms with E-state index in [1.165, 1.54) is 0 Å². The predicted molar refractivity (Wildman–Crippen MR) is 68.5 cm³/mol. The Hall–Kier alpha value is -1.56. The fraction of sp³-hybridized carbons (Fsp3) is 0.571. The zero-order valence-electron chi connectivity index (χ0n) is 10.9. The molecule has 1 aromatic rings. The van der Waals surface area contributed by atoms with Crippen molar-refractivity contribution in [3.05, 3.63) is 23.9 Å². The van der Waals surface area contributed by atoms with Gasteiger partial charge in [-0.2, -0.15) is 5.26 Å². The van der Waals surface area contributed by atoms with E-state index >= 15 is 0 Å². The van der Waals surface area contributed by atoms with E-state index in [4.69, 9.17) is 5.26 Å². The molecule has 3 heteroatoms. The molecule has 1 aromatic heterocycles. The number of nitrogens with zero attached hydrogens (tertiary/aromatic N) is 2. The Balaban J connectivity index is 1.98. The van der Waals surface area contributed by atoms with Gasteiger partial charge in [-0.25, -0.2) is 4.98 Å². The van der Waals surface area contributed by atoms with Crippen LogP contribution in [0.3, 0.4) is 0 Å². The highest BCUT2D eigenvalue weighted by Crippen LogP contribution is 2.68. The Labute approximate surface area is 103 Å². The first-order valence-corrected chi connectivity index (χ1v) is 5.99. The maximum absolute atomic E-state index is 8.81. The van der Waals surface area contributed by atoms with E-state index in [2.05, 4.69) is 44.1 Å². The minimum absolute atomic E-state index is 0.382. The maximum atomic E-state index is 8.81. The first-order chi connectivity index (χ1) is 7.89. The van der Waals surface area contributed by atoms with Gasteiger partial charge in [0.25, 0.3) is 0 Å². The van der Waals surface area contributed by atoms with Gasteiger partial charge in [0.2, 0.25) is 0 Å². The van der Waals surface area contributed by atoms with Gasteiger partial charge in [-0.05, 0) is 28.9 Å². The van der Waals surface area contributed by atoms with Crippen LogP contribution in [-0.2, 0) is 0 Å². The fourth-order valence-electron chi connectivity index (χ4n) is 2.65. The van der Waals surface area contributed by atoms with Gasteiger partial charge in [0.1, 0.15) is 5.82 Å². The molecule has 0 spiro atoms. The van der Waals surface area contributed by atoms with Crippen LogP contribution in [-0.4, -0.2) is 11.5 Å². The van der Waals surface area contributed by atoms with Crippen LogP contribution in [0.4, 0.5) is 5.82 Å². The predicted octanol–water partition coefficient (Wildman–Crippen LogP) is 3.05. The van der Waals surface area contributed by atoms with Crippen molar-refractivity contribution in [2.24, 2.45) is 16.7 Å². The summed E-state index contributed by atoms with van der Waals surface area (Å²) in [6.45, 7) is 10.1. The Morgan fingerprint density at radius 1 is 1.35 bits per heavy atom. The van der Waals surface area contributed by atoms with Crippen molar-refractivity contribution >= 4 is 5.82 Å². The standard InChI is InChI=1S/C14H19N3/c1-13(2)11(14(13,3)4)9-17-12-7-10(8-15)5-6-16-12/h5-7,11H,9H2,1-4H3,(H,16,17). The van der Waals surface area contributed by atoms with Crippen molar-refractivity contribution in [3.8, 4) is 6.07 Å². The van der Waals surface area contributed by atoms with E-state index in [1.807, 2.05) is 0 Å². The SMILES string of the molecule is CC1(C)C(CNc2cc(C#N)ccn2)C1(C)C. The molecule has 0 bridgehead atoms. The van der Waals surface area contributed by atoms with Gasteiger partial charge in [0, 0.05) is 12.7 Å². The van der Waals surface area contributed by atoms with E-state index in [1.54, 1.807) is 18.3 Å². The second-order valence-corrected chi connectivity index (χ2v) is 5.92. The Bertz CT molecular complexity index is 455. The number of nitrogens with one attached hydrogen (secondary N) is 1. The minimum Gasteiger partial charge on any atom is -0.370 e. The van der Waals surface area contributed by atoms with E-state index in [9.17, 15) is 0 Å². The summed E-state index contributed by atoms with van der Waals surface area (Å²) in [4.78, 5) is 4.22. The van der Waals surface area contributed by atoms with Gasteiger partial charge < -0.3 is 5.32 Å². The van der Waals surface area contributed by atoms with Crippen LogP contribution < -0.4 is 5.32 Å². The van der Waals surface area contributed by atoms with Crippen LogP contribution in [0.1, 0.15) is 33.3 Å². The lowest BCUT2D eigenvalue weighted by Crippen LogP contribution is -2.09. The lowest BCUT2D eigenvalue weighted by Gasteiger charge is -2.06. The zero-order valence-corrected chi connectivity index (χ0v) is 10.9. The van der Waals surface area contributed by atoms with Crippen LogP contribution in [0.25, 0.3) is 0 Å². The van der Waals surface area contributed by atoms with Gasteiger partial charge in [-0.3, -0.25) is 0 Å². The second-order valence-electron chi connectivity index (χ2n) is 5.92. The summed E-state index contributed by atoms with van der Waals surface area (Å²) in [5, 5.41) is 12.1. The Kier molecular flexibility index (Phi) is 2.61. The molecular weight excluding hydrogens is 210 g/mol. The molecular formula is C14H19N3. The van der Waals surface area contributed by atoms with Gasteiger partial charge in [-0.1, -0.05) is 27.7 Å². The molecule has 1 aliphatic rings. The molecule has 0 aromatic carbocycles. The summed E-state index contributed by atoms with van der Waals surface area (Å²) in [6, 6.07) is 5.64. The number of anilines is 1. The monoisotopic (exact) mass is 229 g/mol. The summed E-state index contributed by atoms with van der Waals surface area (Å²) in [5.41, 5.74) is 1.41. The Morgan fingerprint density at radius 2 is 2.00 bits per heavy atom. The molecule has 0 radical (unpaired) electrons. The molecule has 0 amide bonds. The van der Waals surface area contributed by atoms with Crippen LogP contribution in [0.2, 0.25) is 0 Å². The van der Waals surface area contributed by atoms with Crippen LogP contribution in [0.15, 0.2) is 18.3 Å². The fourth-order valence-corrected chi connectivity index (χ4v) is 2.65. The highest BCUT2D eigenvalue weighted by molar-refractivity contribution is 5.42. The number of rotatable bonds is 3. The molecule has 3 nitrogen and oxygen atoms in total. The van der Waals surface area contributed by atoms with Crippen molar-refractivity contribution in [1.29, 1.82) is 5.26 Å². The highest BCUT2D eigenvalue weighted by atomic mass is 15.0. The highest BCUT2D eigenvalue weighted by Gasteiger charge is 2.64. The quantitative estimate of drug-likeness (QED) is 0.866. The minimum atomic E-state index is 0.382. The van der Waals surface area contributed by atoms with Crippen molar-refractivity contribution < 1.29 is 0 Å². The van der Waals surface area contributed by atoms with Gasteiger partial charge in [0.05, 0.1) is 11.6 Å². The Morgan fingerprint density at radius 3 is 2.53 bits per heavy atom. The molecule has 0 aliphatic heterocycles. The molecule has 90 valence electrons. The van der Waals surface area contributed by atoms with E-state index in [0.29, 0.717) is 22.3 Å². The third kappa shape index (κ3) is 1.88. The summed E-state index contributed by atoms with van der Waals surface area (Å²) in [6.07, 6.45) is 1.67. The normalized spacial score (nSPS) is 20.6. The van der Waals surface area contributed by atoms with Crippen LogP contribution >= 0.6 is 0 Å². The molecule has 0 atom stereocenters. The summed E-state index contributed by atoms with van der Waals surface area (Å²) < 4.78 is 0. The number of aromatic nitrogens is 1. The first-order valence-electron chi connectivity index (χ1n) is 5.99. The van der Waals surface area contributed by atoms with Gasteiger partial charge in [-0.15, -0.1) is 0 Å². The summed E-state index contributed by atoms with van der Waals surface area (Å²) in [5.74, 6) is 1.45. The van der Waals surface area contributed by atoms with Crippen molar-refractivity contribution in [2.75, 3.05) is 11.9 Å². The van der Waals surface area contributed by atoms with E-state index < -0.39 is 0 Å². The van der Waals surface area contributed by atoms with Crippen LogP contribution in [0, 0.1) is 28.1 Å². The third-order valence-corrected chi connectivity index (χ3v) is 4.70. The van der Waals surface area contributed by atoms with Crippen molar-refractivity contribution in [1.82, 2.24) is 4.98 Å². The number of pyridine rings is 1. The molecule has 17 heavy (non-hydrogen) atoms. The summed E-state index contributed by atoms with van der Waals surface area (Å²) >= 11 is 0. The molecule has 1 saturated carbocycles. The number of hydrogen-bond acceptors (Lipinski definition) is 3. The molecule has 0 unspecified atom stereocenters. The number of nitriles is 1. The van der Waals surface area contributed by atoms with Crippen LogP contribution in [0.5, 0.6) is 0 Å². The largest absolute Gasteiger partial charge is 0.370 e. The lowest BCUT2D eigenvalue weighted by molar-refractivity contribution is 0.457. The molecule has 1 N–H and O–H groups in total. The molecule has 1 heterocycles. The molecule has 1 fully saturated rings.